The first-order valence-corrected chi connectivity index (χ1v) is 10.2. The van der Waals surface area contributed by atoms with Crippen molar-refractivity contribution in [2.45, 2.75) is 39.3 Å². The van der Waals surface area contributed by atoms with Crippen LogP contribution in [0.2, 0.25) is 15.1 Å². The molecule has 2 aromatic rings. The van der Waals surface area contributed by atoms with E-state index in [0.717, 1.165) is 17.5 Å². The summed E-state index contributed by atoms with van der Waals surface area (Å²) in [5.41, 5.74) is 1.55. The number of nitrogens with zero attached hydrogens (tertiary/aromatic N) is 1. The smallest absolute Gasteiger partial charge is 0.242 e. The zero-order chi connectivity index (χ0) is 20.7. The van der Waals surface area contributed by atoms with E-state index in [9.17, 15) is 9.59 Å². The van der Waals surface area contributed by atoms with E-state index in [1.807, 2.05) is 6.92 Å². The molecular formula is C21H23Cl3N2O2. The predicted molar refractivity (Wildman–Crippen MR) is 115 cm³/mol. The number of halogens is 3. The number of rotatable bonds is 8. The van der Waals surface area contributed by atoms with E-state index in [1.165, 1.54) is 4.90 Å². The van der Waals surface area contributed by atoms with E-state index in [1.54, 1.807) is 49.4 Å². The quantitative estimate of drug-likeness (QED) is 0.617. The first kappa shape index (κ1) is 22.5. The van der Waals surface area contributed by atoms with Crippen molar-refractivity contribution < 1.29 is 9.59 Å². The van der Waals surface area contributed by atoms with Crippen molar-refractivity contribution in [1.29, 1.82) is 0 Å². The van der Waals surface area contributed by atoms with Crippen molar-refractivity contribution in [1.82, 2.24) is 10.2 Å². The summed E-state index contributed by atoms with van der Waals surface area (Å²) in [4.78, 5) is 27.1. The fourth-order valence-electron chi connectivity index (χ4n) is 2.69. The molecule has 2 aromatic carbocycles. The molecule has 4 nitrogen and oxygen atoms in total. The van der Waals surface area contributed by atoms with Gasteiger partial charge in [-0.2, -0.15) is 0 Å². The van der Waals surface area contributed by atoms with Gasteiger partial charge in [0.25, 0.3) is 0 Å². The molecule has 0 saturated heterocycles. The number of hydrogen-bond donors (Lipinski definition) is 1. The summed E-state index contributed by atoms with van der Waals surface area (Å²) in [6, 6.07) is 11.5. The normalized spacial score (nSPS) is 11.8. The van der Waals surface area contributed by atoms with Crippen LogP contribution in [0.5, 0.6) is 0 Å². The van der Waals surface area contributed by atoms with E-state index in [0.29, 0.717) is 21.6 Å². The molecule has 0 spiro atoms. The molecule has 1 atom stereocenters. The molecule has 0 heterocycles. The van der Waals surface area contributed by atoms with Gasteiger partial charge in [-0.15, -0.1) is 0 Å². The summed E-state index contributed by atoms with van der Waals surface area (Å²) < 4.78 is 0. The Hall–Kier alpha value is -1.75. The summed E-state index contributed by atoms with van der Waals surface area (Å²) in [5.74, 6) is -0.371. The van der Waals surface area contributed by atoms with Gasteiger partial charge in [-0.05, 0) is 48.7 Å². The van der Waals surface area contributed by atoms with Crippen molar-refractivity contribution >= 4 is 46.6 Å². The number of nitrogens with one attached hydrogen (secondary N) is 1. The Labute approximate surface area is 180 Å². The number of benzene rings is 2. The second-order valence-corrected chi connectivity index (χ2v) is 7.81. The van der Waals surface area contributed by atoms with Crippen LogP contribution in [-0.4, -0.2) is 29.3 Å². The Morgan fingerprint density at radius 1 is 1.04 bits per heavy atom. The highest BCUT2D eigenvalue weighted by Crippen LogP contribution is 2.23. The van der Waals surface area contributed by atoms with Crippen LogP contribution in [0.25, 0.3) is 0 Å². The fourth-order valence-corrected chi connectivity index (χ4v) is 3.28. The maximum absolute atomic E-state index is 13.0. The van der Waals surface area contributed by atoms with Crippen LogP contribution < -0.4 is 5.32 Å². The first-order chi connectivity index (χ1) is 13.3. The Kier molecular flexibility index (Phi) is 8.61. The molecule has 150 valence electrons. The zero-order valence-electron chi connectivity index (χ0n) is 15.8. The number of carbonyl (C=O) groups is 2. The third-order valence-electron chi connectivity index (χ3n) is 4.34. The van der Waals surface area contributed by atoms with E-state index in [2.05, 4.69) is 5.32 Å². The molecule has 0 aliphatic carbocycles. The molecule has 0 radical (unpaired) electrons. The van der Waals surface area contributed by atoms with Crippen LogP contribution in [0.4, 0.5) is 0 Å². The van der Waals surface area contributed by atoms with Gasteiger partial charge in [0.15, 0.2) is 0 Å². The second kappa shape index (κ2) is 10.7. The molecule has 1 unspecified atom stereocenters. The SMILES string of the molecule is CCCNC(=O)C(C)N(Cc1ccc(Cl)cc1Cl)C(=O)Cc1ccc(Cl)cc1. The lowest BCUT2D eigenvalue weighted by atomic mass is 10.1. The van der Waals surface area contributed by atoms with Crippen LogP contribution in [-0.2, 0) is 22.6 Å². The lowest BCUT2D eigenvalue weighted by Crippen LogP contribution is -2.48. The summed E-state index contributed by atoms with van der Waals surface area (Å²) in [7, 11) is 0. The summed E-state index contributed by atoms with van der Waals surface area (Å²) >= 11 is 18.2. The maximum atomic E-state index is 13.0. The molecule has 0 saturated carbocycles. The Morgan fingerprint density at radius 3 is 2.29 bits per heavy atom. The Balaban J connectivity index is 2.24. The molecule has 1 N–H and O–H groups in total. The van der Waals surface area contributed by atoms with Gasteiger partial charge in [0.2, 0.25) is 11.8 Å². The molecular weight excluding hydrogens is 419 g/mol. The van der Waals surface area contributed by atoms with Crippen molar-refractivity contribution in [3.05, 3.63) is 68.7 Å². The highest BCUT2D eigenvalue weighted by molar-refractivity contribution is 6.35. The van der Waals surface area contributed by atoms with Crippen molar-refractivity contribution in [2.75, 3.05) is 6.54 Å². The summed E-state index contributed by atoms with van der Waals surface area (Å²) in [6.07, 6.45) is 0.980. The number of amides is 2. The summed E-state index contributed by atoms with van der Waals surface area (Å²) in [5, 5.41) is 4.42. The lowest BCUT2D eigenvalue weighted by Gasteiger charge is -2.29. The predicted octanol–water partition coefficient (Wildman–Crippen LogP) is 5.13. The Morgan fingerprint density at radius 2 is 1.68 bits per heavy atom. The zero-order valence-corrected chi connectivity index (χ0v) is 18.1. The second-order valence-electron chi connectivity index (χ2n) is 6.53. The maximum Gasteiger partial charge on any atom is 0.242 e. The highest BCUT2D eigenvalue weighted by Gasteiger charge is 2.26. The minimum absolute atomic E-state index is 0.160. The standard InChI is InChI=1S/C21H23Cl3N2O2/c1-3-10-25-21(28)14(2)26(13-16-6-9-18(23)12-19(16)24)20(27)11-15-4-7-17(22)8-5-15/h4-9,12,14H,3,10-11,13H2,1-2H3,(H,25,28). The van der Waals surface area contributed by atoms with E-state index >= 15 is 0 Å². The number of hydrogen-bond acceptors (Lipinski definition) is 2. The van der Waals surface area contributed by atoms with Crippen LogP contribution in [0.3, 0.4) is 0 Å². The highest BCUT2D eigenvalue weighted by atomic mass is 35.5. The third-order valence-corrected chi connectivity index (χ3v) is 5.18. The topological polar surface area (TPSA) is 49.4 Å². The van der Waals surface area contributed by atoms with Crippen molar-refractivity contribution in [2.24, 2.45) is 0 Å². The average Bonchev–Trinajstić information content (AvgIpc) is 2.66. The lowest BCUT2D eigenvalue weighted by molar-refractivity contribution is -0.140. The van der Waals surface area contributed by atoms with Gasteiger partial charge < -0.3 is 10.2 Å². The van der Waals surface area contributed by atoms with Gasteiger partial charge >= 0.3 is 0 Å². The molecule has 0 aromatic heterocycles. The van der Waals surface area contributed by atoms with Crippen LogP contribution in [0, 0.1) is 0 Å². The molecule has 0 bridgehead atoms. The van der Waals surface area contributed by atoms with Crippen LogP contribution in [0.1, 0.15) is 31.4 Å². The van der Waals surface area contributed by atoms with Crippen LogP contribution >= 0.6 is 34.8 Å². The molecule has 0 aliphatic heterocycles. The van der Waals surface area contributed by atoms with Gasteiger partial charge in [-0.3, -0.25) is 9.59 Å². The van der Waals surface area contributed by atoms with Crippen molar-refractivity contribution in [3.8, 4) is 0 Å². The molecule has 0 fully saturated rings. The van der Waals surface area contributed by atoms with E-state index < -0.39 is 6.04 Å². The minimum Gasteiger partial charge on any atom is -0.354 e. The van der Waals surface area contributed by atoms with E-state index in [4.69, 9.17) is 34.8 Å². The first-order valence-electron chi connectivity index (χ1n) is 9.07. The summed E-state index contributed by atoms with van der Waals surface area (Å²) in [6.45, 7) is 4.46. The molecule has 28 heavy (non-hydrogen) atoms. The average molecular weight is 442 g/mol. The fraction of sp³-hybridized carbons (Fsp3) is 0.333. The minimum atomic E-state index is -0.641. The van der Waals surface area contributed by atoms with Gasteiger partial charge in [-0.1, -0.05) is 59.9 Å². The van der Waals surface area contributed by atoms with Gasteiger partial charge in [0.1, 0.15) is 6.04 Å². The number of carbonyl (C=O) groups excluding carboxylic acids is 2. The van der Waals surface area contributed by atoms with Gasteiger partial charge in [0, 0.05) is 28.2 Å². The molecule has 7 heteroatoms. The van der Waals surface area contributed by atoms with Crippen molar-refractivity contribution in [3.63, 3.8) is 0 Å². The monoisotopic (exact) mass is 440 g/mol. The third kappa shape index (κ3) is 6.40. The van der Waals surface area contributed by atoms with E-state index in [-0.39, 0.29) is 24.8 Å². The molecule has 2 rings (SSSR count). The van der Waals surface area contributed by atoms with Gasteiger partial charge in [0.05, 0.1) is 6.42 Å². The molecule has 2 amide bonds. The van der Waals surface area contributed by atoms with Gasteiger partial charge in [-0.25, -0.2) is 0 Å². The molecule has 0 aliphatic rings. The largest absolute Gasteiger partial charge is 0.354 e. The Bertz CT molecular complexity index is 825. The van der Waals surface area contributed by atoms with Crippen LogP contribution in [0.15, 0.2) is 42.5 Å².